The molecule has 0 aromatic heterocycles. The highest BCUT2D eigenvalue weighted by molar-refractivity contribution is 7.99. The average Bonchev–Trinajstić information content (AvgIpc) is 3.15. The minimum Gasteiger partial charge on any atom is -0.348 e. The third-order valence-electron chi connectivity index (χ3n) is 5.51. The molecule has 34 heavy (non-hydrogen) atoms. The number of nitrogens with one attached hydrogen (secondary N) is 1. The van der Waals surface area contributed by atoms with Gasteiger partial charge >= 0.3 is 0 Å². The summed E-state index contributed by atoms with van der Waals surface area (Å²) < 4.78 is 15.0. The molecule has 1 amide bonds. The summed E-state index contributed by atoms with van der Waals surface area (Å²) in [6.07, 6.45) is 7.55. The molecule has 0 bridgehead atoms. The Bertz CT molecular complexity index is 1410. The highest BCUT2D eigenvalue weighted by Crippen LogP contribution is 2.42. The summed E-state index contributed by atoms with van der Waals surface area (Å²) in [5, 5.41) is 3.55. The van der Waals surface area contributed by atoms with Crippen LogP contribution >= 0.6 is 23.4 Å². The molecule has 3 nitrogen and oxygen atoms in total. The van der Waals surface area contributed by atoms with E-state index in [9.17, 15) is 9.18 Å². The van der Waals surface area contributed by atoms with Crippen LogP contribution in [0.1, 0.15) is 27.9 Å². The van der Waals surface area contributed by atoms with Gasteiger partial charge in [-0.25, -0.2) is 9.38 Å². The van der Waals surface area contributed by atoms with Crippen molar-refractivity contribution in [2.75, 3.05) is 0 Å². The van der Waals surface area contributed by atoms with E-state index in [1.807, 2.05) is 60.7 Å². The van der Waals surface area contributed by atoms with Crippen LogP contribution in [0.4, 0.5) is 10.1 Å². The molecular weight excluding hydrogens is 467 g/mol. The first-order chi connectivity index (χ1) is 16.6. The van der Waals surface area contributed by atoms with Crippen molar-refractivity contribution < 1.29 is 9.18 Å². The maximum atomic E-state index is 15.0. The maximum Gasteiger partial charge on any atom is 0.251 e. The van der Waals surface area contributed by atoms with Gasteiger partial charge in [-0.3, -0.25) is 4.79 Å². The highest BCUT2D eigenvalue weighted by atomic mass is 35.5. The second-order valence-corrected chi connectivity index (χ2v) is 9.37. The van der Waals surface area contributed by atoms with Gasteiger partial charge in [-0.1, -0.05) is 71.9 Å². The quantitative estimate of drug-likeness (QED) is 0.412. The van der Waals surface area contributed by atoms with Crippen molar-refractivity contribution >= 4 is 40.7 Å². The van der Waals surface area contributed by atoms with Crippen molar-refractivity contribution in [1.29, 1.82) is 0 Å². The lowest BCUT2D eigenvalue weighted by Gasteiger charge is -2.11. The van der Waals surface area contributed by atoms with Gasteiger partial charge in [0.1, 0.15) is 5.83 Å². The molecule has 1 N–H and O–H groups in total. The number of carbonyl (C=O) groups excluding carboxylic acids is 1. The van der Waals surface area contributed by atoms with E-state index in [1.165, 1.54) is 6.08 Å². The second kappa shape index (κ2) is 9.84. The fourth-order valence-corrected chi connectivity index (χ4v) is 5.05. The molecule has 168 valence electrons. The summed E-state index contributed by atoms with van der Waals surface area (Å²) in [4.78, 5) is 19.7. The lowest BCUT2D eigenvalue weighted by Crippen LogP contribution is -2.22. The number of benzene rings is 3. The lowest BCUT2D eigenvalue weighted by molar-refractivity contribution is 0.0951. The van der Waals surface area contributed by atoms with Gasteiger partial charge in [-0.2, -0.15) is 0 Å². The van der Waals surface area contributed by atoms with E-state index in [1.54, 1.807) is 36.0 Å². The van der Waals surface area contributed by atoms with E-state index in [0.29, 0.717) is 40.5 Å². The maximum absolute atomic E-state index is 15.0. The summed E-state index contributed by atoms with van der Waals surface area (Å²) in [6.45, 7) is 0.362. The predicted octanol–water partition coefficient (Wildman–Crippen LogP) is 7.60. The van der Waals surface area contributed by atoms with Gasteiger partial charge in [-0.15, -0.1) is 0 Å². The number of allylic oxidation sites excluding steroid dienone is 6. The Hall–Kier alpha value is -3.41. The Morgan fingerprint density at radius 3 is 2.82 bits per heavy atom. The van der Waals surface area contributed by atoms with Gasteiger partial charge in [0.05, 0.1) is 11.4 Å². The zero-order chi connectivity index (χ0) is 23.5. The Balaban J connectivity index is 1.51. The zero-order valence-corrected chi connectivity index (χ0v) is 19.7. The largest absolute Gasteiger partial charge is 0.348 e. The van der Waals surface area contributed by atoms with Crippen LogP contribution in [-0.2, 0) is 6.54 Å². The fourth-order valence-electron chi connectivity index (χ4n) is 3.83. The molecule has 0 saturated heterocycles. The molecule has 3 aromatic rings. The molecule has 0 saturated carbocycles. The van der Waals surface area contributed by atoms with Crippen LogP contribution in [0.5, 0.6) is 0 Å². The normalized spacial score (nSPS) is 14.6. The van der Waals surface area contributed by atoms with Crippen molar-refractivity contribution in [2.45, 2.75) is 22.8 Å². The number of halogens is 2. The highest BCUT2D eigenvalue weighted by Gasteiger charge is 2.23. The van der Waals surface area contributed by atoms with Crippen molar-refractivity contribution in [3.63, 3.8) is 0 Å². The predicted molar refractivity (Wildman–Crippen MR) is 137 cm³/mol. The van der Waals surface area contributed by atoms with Gasteiger partial charge in [0.15, 0.2) is 0 Å². The minimum absolute atomic E-state index is 0.213. The number of fused-ring (bicyclic) bond motifs is 2. The number of carbonyl (C=O) groups is 1. The molecule has 1 heterocycles. The number of amides is 1. The zero-order valence-electron chi connectivity index (χ0n) is 18.1. The summed E-state index contributed by atoms with van der Waals surface area (Å²) in [7, 11) is 0. The van der Waals surface area contributed by atoms with E-state index in [2.05, 4.69) is 5.32 Å². The van der Waals surface area contributed by atoms with Crippen LogP contribution in [-0.4, -0.2) is 11.6 Å². The first kappa shape index (κ1) is 22.4. The van der Waals surface area contributed by atoms with E-state index in [0.717, 1.165) is 20.9 Å². The number of hydrogen-bond acceptors (Lipinski definition) is 3. The minimum atomic E-state index is -0.328. The molecular formula is C28H20ClFN2OS. The molecule has 5 rings (SSSR count). The van der Waals surface area contributed by atoms with E-state index in [4.69, 9.17) is 16.6 Å². The molecule has 0 atom stereocenters. The number of hydrogen-bond donors (Lipinski definition) is 1. The molecule has 0 spiro atoms. The topological polar surface area (TPSA) is 41.5 Å². The van der Waals surface area contributed by atoms with Crippen molar-refractivity contribution in [1.82, 2.24) is 5.32 Å². The number of nitrogens with zero attached hydrogens (tertiary/aromatic N) is 1. The lowest BCUT2D eigenvalue weighted by atomic mass is 10.00. The van der Waals surface area contributed by atoms with Gasteiger partial charge in [0, 0.05) is 38.1 Å². The van der Waals surface area contributed by atoms with Crippen molar-refractivity contribution in [3.8, 4) is 0 Å². The number of rotatable bonds is 4. The van der Waals surface area contributed by atoms with Crippen LogP contribution in [0.25, 0.3) is 0 Å². The Morgan fingerprint density at radius 1 is 1.06 bits per heavy atom. The van der Waals surface area contributed by atoms with Gasteiger partial charge in [0.25, 0.3) is 5.91 Å². The standard InChI is InChI=1S/C28H20ClFN2OS/c29-20-8-6-7-18(15-20)17-31-28(33)19-13-14-26-24(16-19)32-27(21-9-2-1-3-11-23(21)30)22-10-4-5-12-25(22)34-26/h1,3-16H,2,17H2,(H,31,33). The molecule has 0 unspecified atom stereocenters. The number of aliphatic imine (C=N–C) groups is 1. The summed E-state index contributed by atoms with van der Waals surface area (Å²) in [5.41, 5.74) is 3.93. The molecule has 1 aliphatic carbocycles. The molecule has 0 fully saturated rings. The van der Waals surface area contributed by atoms with E-state index < -0.39 is 0 Å². The fraction of sp³-hybridized carbons (Fsp3) is 0.0714. The first-order valence-corrected chi connectivity index (χ1v) is 12.0. The van der Waals surface area contributed by atoms with Crippen molar-refractivity contribution in [3.05, 3.63) is 124 Å². The van der Waals surface area contributed by atoms with Crippen LogP contribution in [0, 0.1) is 0 Å². The Morgan fingerprint density at radius 2 is 1.94 bits per heavy atom. The second-order valence-electron chi connectivity index (χ2n) is 7.85. The monoisotopic (exact) mass is 486 g/mol. The first-order valence-electron chi connectivity index (χ1n) is 10.8. The molecule has 1 aliphatic heterocycles. The van der Waals surface area contributed by atoms with E-state index >= 15 is 0 Å². The molecule has 0 radical (unpaired) electrons. The van der Waals surface area contributed by atoms with Crippen LogP contribution in [0.15, 0.2) is 117 Å². The van der Waals surface area contributed by atoms with E-state index in [-0.39, 0.29) is 11.7 Å². The summed E-state index contributed by atoms with van der Waals surface area (Å²) in [6, 6.07) is 20.7. The molecule has 6 heteroatoms. The third-order valence-corrected chi connectivity index (χ3v) is 6.88. The third kappa shape index (κ3) is 4.76. The SMILES string of the molecule is O=C(NCc1cccc(Cl)c1)c1ccc2c(c1)N=C(C1=CCC=CC=C1F)c1ccccc1S2. The smallest absolute Gasteiger partial charge is 0.251 e. The summed E-state index contributed by atoms with van der Waals surface area (Å²) in [5.74, 6) is -0.540. The Labute approximate surface area is 206 Å². The molecule has 2 aliphatic rings. The van der Waals surface area contributed by atoms with Crippen LogP contribution in [0.3, 0.4) is 0 Å². The van der Waals surface area contributed by atoms with Crippen LogP contribution in [0.2, 0.25) is 5.02 Å². The van der Waals surface area contributed by atoms with Crippen LogP contribution < -0.4 is 5.32 Å². The average molecular weight is 487 g/mol. The summed E-state index contributed by atoms with van der Waals surface area (Å²) >= 11 is 7.60. The van der Waals surface area contributed by atoms with Gasteiger partial charge in [-0.05, 0) is 54.5 Å². The molecule has 3 aromatic carbocycles. The van der Waals surface area contributed by atoms with Gasteiger partial charge in [0.2, 0.25) is 0 Å². The Kier molecular flexibility index (Phi) is 6.48. The van der Waals surface area contributed by atoms with Gasteiger partial charge < -0.3 is 5.32 Å². The van der Waals surface area contributed by atoms with Crippen molar-refractivity contribution in [2.24, 2.45) is 4.99 Å².